The highest BCUT2D eigenvalue weighted by atomic mass is 16.2. The van der Waals surface area contributed by atoms with Crippen molar-refractivity contribution in [1.82, 2.24) is 4.90 Å². The Bertz CT molecular complexity index is 245. The fraction of sp³-hybridized carbons (Fsp3) is 0.929. The van der Waals surface area contributed by atoms with Crippen molar-refractivity contribution < 1.29 is 4.79 Å². The van der Waals surface area contributed by atoms with Crippen LogP contribution in [0.15, 0.2) is 0 Å². The van der Waals surface area contributed by atoms with E-state index < -0.39 is 0 Å². The van der Waals surface area contributed by atoms with Crippen LogP contribution in [0.2, 0.25) is 0 Å². The number of hydrogen-bond donors (Lipinski definition) is 1. The fourth-order valence-electron chi connectivity index (χ4n) is 2.86. The third kappa shape index (κ3) is 4.30. The lowest BCUT2D eigenvalue weighted by Gasteiger charge is -2.37. The number of nitrogens with two attached hydrogens (primary N) is 1. The molecule has 0 heterocycles. The van der Waals surface area contributed by atoms with Gasteiger partial charge in [0.2, 0.25) is 5.91 Å². The number of carbonyl (C=O) groups excluding carboxylic acids is 1. The van der Waals surface area contributed by atoms with E-state index in [1.165, 1.54) is 19.3 Å². The SMILES string of the molecule is CC(C)CN(C)C(=O)CC1(CN)CCCCC1. The first kappa shape index (κ1) is 14.5. The summed E-state index contributed by atoms with van der Waals surface area (Å²) in [5.74, 6) is 0.801. The van der Waals surface area contributed by atoms with E-state index in [1.54, 1.807) is 0 Å². The van der Waals surface area contributed by atoms with E-state index in [0.717, 1.165) is 19.4 Å². The molecule has 100 valence electrons. The molecule has 0 saturated heterocycles. The number of nitrogens with zero attached hydrogens (tertiary/aromatic N) is 1. The van der Waals surface area contributed by atoms with Crippen molar-refractivity contribution in [2.24, 2.45) is 17.1 Å². The van der Waals surface area contributed by atoms with E-state index in [1.807, 2.05) is 11.9 Å². The Balaban J connectivity index is 2.52. The van der Waals surface area contributed by atoms with Gasteiger partial charge in [0.15, 0.2) is 0 Å². The molecule has 1 amide bonds. The van der Waals surface area contributed by atoms with Crippen molar-refractivity contribution in [3.8, 4) is 0 Å². The molecule has 0 aromatic heterocycles. The summed E-state index contributed by atoms with van der Waals surface area (Å²) >= 11 is 0. The first-order chi connectivity index (χ1) is 7.99. The molecular formula is C14H28N2O. The Hall–Kier alpha value is -0.570. The quantitative estimate of drug-likeness (QED) is 0.802. The van der Waals surface area contributed by atoms with Crippen molar-refractivity contribution in [1.29, 1.82) is 0 Å². The molecule has 0 aliphatic heterocycles. The van der Waals surface area contributed by atoms with Gasteiger partial charge in [0.1, 0.15) is 0 Å². The van der Waals surface area contributed by atoms with Gasteiger partial charge in [0.25, 0.3) is 0 Å². The number of hydrogen-bond acceptors (Lipinski definition) is 2. The van der Waals surface area contributed by atoms with Crippen molar-refractivity contribution in [2.45, 2.75) is 52.4 Å². The maximum atomic E-state index is 12.2. The average Bonchev–Trinajstić information content (AvgIpc) is 2.29. The summed E-state index contributed by atoms with van der Waals surface area (Å²) in [6, 6.07) is 0. The molecule has 0 atom stereocenters. The lowest BCUT2D eigenvalue weighted by Crippen LogP contribution is -2.40. The van der Waals surface area contributed by atoms with Crippen LogP contribution >= 0.6 is 0 Å². The molecule has 0 radical (unpaired) electrons. The zero-order valence-electron chi connectivity index (χ0n) is 11.7. The van der Waals surface area contributed by atoms with E-state index in [9.17, 15) is 4.79 Å². The van der Waals surface area contributed by atoms with Crippen molar-refractivity contribution in [2.75, 3.05) is 20.1 Å². The minimum Gasteiger partial charge on any atom is -0.345 e. The summed E-state index contributed by atoms with van der Waals surface area (Å²) < 4.78 is 0. The van der Waals surface area contributed by atoms with Gasteiger partial charge in [-0.2, -0.15) is 0 Å². The zero-order chi connectivity index (χ0) is 12.9. The van der Waals surface area contributed by atoms with Gasteiger partial charge >= 0.3 is 0 Å². The lowest BCUT2D eigenvalue weighted by molar-refractivity contribution is -0.133. The van der Waals surface area contributed by atoms with Gasteiger partial charge in [-0.25, -0.2) is 0 Å². The highest BCUT2D eigenvalue weighted by Gasteiger charge is 2.33. The molecule has 1 aliphatic rings. The van der Waals surface area contributed by atoms with Crippen molar-refractivity contribution in [3.63, 3.8) is 0 Å². The minimum absolute atomic E-state index is 0.0978. The van der Waals surface area contributed by atoms with Crippen LogP contribution in [0, 0.1) is 11.3 Å². The second kappa shape index (κ2) is 6.39. The smallest absolute Gasteiger partial charge is 0.222 e. The van der Waals surface area contributed by atoms with E-state index in [2.05, 4.69) is 13.8 Å². The summed E-state index contributed by atoms with van der Waals surface area (Å²) in [4.78, 5) is 14.1. The average molecular weight is 240 g/mol. The van der Waals surface area contributed by atoms with E-state index in [0.29, 0.717) is 18.9 Å². The summed E-state index contributed by atoms with van der Waals surface area (Å²) in [5, 5.41) is 0. The summed E-state index contributed by atoms with van der Waals surface area (Å²) in [7, 11) is 1.91. The normalized spacial score (nSPS) is 19.4. The minimum atomic E-state index is 0.0978. The van der Waals surface area contributed by atoms with Crippen LogP contribution in [0.25, 0.3) is 0 Å². The highest BCUT2D eigenvalue weighted by molar-refractivity contribution is 5.76. The van der Waals surface area contributed by atoms with E-state index >= 15 is 0 Å². The molecule has 1 saturated carbocycles. The van der Waals surface area contributed by atoms with Crippen LogP contribution in [0.3, 0.4) is 0 Å². The molecule has 1 fully saturated rings. The Morgan fingerprint density at radius 3 is 2.35 bits per heavy atom. The van der Waals surface area contributed by atoms with Gasteiger partial charge < -0.3 is 10.6 Å². The standard InChI is InChI=1S/C14H28N2O/c1-12(2)10-16(3)13(17)9-14(11-15)7-5-4-6-8-14/h12H,4-11,15H2,1-3H3. The second-order valence-corrected chi connectivity index (χ2v) is 6.11. The van der Waals surface area contributed by atoms with Crippen molar-refractivity contribution >= 4 is 5.91 Å². The molecule has 0 aromatic carbocycles. The van der Waals surface area contributed by atoms with Crippen LogP contribution in [-0.2, 0) is 4.79 Å². The molecule has 0 unspecified atom stereocenters. The van der Waals surface area contributed by atoms with Crippen LogP contribution in [0.5, 0.6) is 0 Å². The van der Waals surface area contributed by atoms with Crippen LogP contribution in [-0.4, -0.2) is 30.9 Å². The largest absolute Gasteiger partial charge is 0.345 e. The first-order valence-electron chi connectivity index (χ1n) is 6.93. The molecule has 0 spiro atoms. The molecule has 17 heavy (non-hydrogen) atoms. The van der Waals surface area contributed by atoms with Gasteiger partial charge in [-0.3, -0.25) is 4.79 Å². The maximum absolute atomic E-state index is 12.2. The Kier molecular flexibility index (Phi) is 5.44. The van der Waals surface area contributed by atoms with Crippen LogP contribution in [0.4, 0.5) is 0 Å². The Morgan fingerprint density at radius 1 is 1.29 bits per heavy atom. The summed E-state index contributed by atoms with van der Waals surface area (Å²) in [6.07, 6.45) is 6.68. The van der Waals surface area contributed by atoms with Gasteiger partial charge in [-0.15, -0.1) is 0 Å². The predicted molar refractivity (Wildman–Crippen MR) is 71.7 cm³/mol. The van der Waals surface area contributed by atoms with Crippen LogP contribution < -0.4 is 5.73 Å². The van der Waals surface area contributed by atoms with Gasteiger partial charge in [-0.1, -0.05) is 33.1 Å². The second-order valence-electron chi connectivity index (χ2n) is 6.11. The highest BCUT2D eigenvalue weighted by Crippen LogP contribution is 2.38. The molecular weight excluding hydrogens is 212 g/mol. The number of carbonyl (C=O) groups is 1. The first-order valence-corrected chi connectivity index (χ1v) is 6.93. The van der Waals surface area contributed by atoms with Gasteiger partial charge in [-0.05, 0) is 30.7 Å². The third-order valence-corrected chi connectivity index (χ3v) is 3.94. The molecule has 1 aliphatic carbocycles. The molecule has 2 N–H and O–H groups in total. The van der Waals surface area contributed by atoms with E-state index in [4.69, 9.17) is 5.73 Å². The van der Waals surface area contributed by atoms with Crippen molar-refractivity contribution in [3.05, 3.63) is 0 Å². The third-order valence-electron chi connectivity index (χ3n) is 3.94. The van der Waals surface area contributed by atoms with Gasteiger partial charge in [0, 0.05) is 20.0 Å². The molecule has 0 aromatic rings. The fourth-order valence-corrected chi connectivity index (χ4v) is 2.86. The number of rotatable bonds is 5. The monoisotopic (exact) mass is 240 g/mol. The molecule has 1 rings (SSSR count). The number of amides is 1. The topological polar surface area (TPSA) is 46.3 Å². The molecule has 3 heteroatoms. The summed E-state index contributed by atoms with van der Waals surface area (Å²) in [6.45, 7) is 5.79. The lowest BCUT2D eigenvalue weighted by atomic mass is 9.71. The van der Waals surface area contributed by atoms with Crippen LogP contribution in [0.1, 0.15) is 52.4 Å². The zero-order valence-corrected chi connectivity index (χ0v) is 11.7. The molecule has 0 bridgehead atoms. The predicted octanol–water partition coefficient (Wildman–Crippen LogP) is 2.40. The van der Waals surface area contributed by atoms with E-state index in [-0.39, 0.29) is 11.3 Å². The Labute approximate surface area is 106 Å². The summed E-state index contributed by atoms with van der Waals surface area (Å²) in [5.41, 5.74) is 6.01. The van der Waals surface area contributed by atoms with Gasteiger partial charge in [0.05, 0.1) is 0 Å². The Morgan fingerprint density at radius 2 is 1.88 bits per heavy atom. The molecule has 3 nitrogen and oxygen atoms in total. The maximum Gasteiger partial charge on any atom is 0.222 e.